The van der Waals surface area contributed by atoms with Crippen molar-refractivity contribution < 1.29 is 14.6 Å². The SMILES string of the molecule is CC(C)(C)OC(=O)N1C[C@H]2CC[C@H]3c4ccccc4C=C[C@H]3[C@@]2(O)C1. The monoisotopic (exact) mass is 341 g/mol. The molecule has 1 amide bonds. The van der Waals surface area contributed by atoms with E-state index in [1.54, 1.807) is 4.90 Å². The number of fused-ring (bicyclic) bond motifs is 5. The van der Waals surface area contributed by atoms with Crippen LogP contribution in [0.1, 0.15) is 50.7 Å². The molecule has 0 spiro atoms. The number of β-amino-alcohol motifs (C(OH)–C–C–N with tert-alkyl or cyclic N) is 1. The second-order valence-corrected chi connectivity index (χ2v) is 8.75. The van der Waals surface area contributed by atoms with Gasteiger partial charge in [-0.25, -0.2) is 4.79 Å². The summed E-state index contributed by atoms with van der Waals surface area (Å²) in [6, 6.07) is 8.46. The van der Waals surface area contributed by atoms with Crippen molar-refractivity contribution in [3.8, 4) is 0 Å². The molecule has 4 atom stereocenters. The number of benzene rings is 1. The first-order chi connectivity index (χ1) is 11.8. The highest BCUT2D eigenvalue weighted by atomic mass is 16.6. The van der Waals surface area contributed by atoms with Gasteiger partial charge in [0.1, 0.15) is 5.60 Å². The van der Waals surface area contributed by atoms with E-state index in [0.717, 1.165) is 12.8 Å². The molecule has 1 aromatic rings. The van der Waals surface area contributed by atoms with Crippen molar-refractivity contribution in [3.63, 3.8) is 0 Å². The molecule has 1 aromatic carbocycles. The Morgan fingerprint density at radius 2 is 2.04 bits per heavy atom. The van der Waals surface area contributed by atoms with Crippen molar-refractivity contribution in [2.45, 2.75) is 50.7 Å². The third-order valence-electron chi connectivity index (χ3n) is 5.96. The van der Waals surface area contributed by atoms with Crippen molar-refractivity contribution in [1.82, 2.24) is 4.90 Å². The second-order valence-electron chi connectivity index (χ2n) is 8.75. The van der Waals surface area contributed by atoms with Gasteiger partial charge in [-0.3, -0.25) is 0 Å². The highest BCUT2D eigenvalue weighted by Crippen LogP contribution is 2.53. The van der Waals surface area contributed by atoms with Gasteiger partial charge in [-0.05, 0) is 50.7 Å². The predicted octanol–water partition coefficient (Wildman–Crippen LogP) is 3.81. The van der Waals surface area contributed by atoms with Crippen molar-refractivity contribution in [3.05, 3.63) is 41.5 Å². The lowest BCUT2D eigenvalue weighted by Gasteiger charge is -2.46. The number of hydrogen-bond donors (Lipinski definition) is 1. The standard InChI is InChI=1S/C21H27NO3/c1-20(2,3)25-19(23)22-12-15-9-10-17-16-7-5-4-6-14(16)8-11-18(17)21(15,24)13-22/h4-8,11,15,17-18,24H,9-10,12-13H2,1-3H3/t15-,17+,18-,21-/m1/s1. The Morgan fingerprint density at radius 1 is 1.28 bits per heavy atom. The first kappa shape index (κ1) is 16.6. The first-order valence-corrected chi connectivity index (χ1v) is 9.25. The van der Waals surface area contributed by atoms with Gasteiger partial charge < -0.3 is 14.7 Å². The average molecular weight is 341 g/mol. The molecule has 2 aliphatic carbocycles. The summed E-state index contributed by atoms with van der Waals surface area (Å²) in [6.07, 6.45) is 5.98. The van der Waals surface area contributed by atoms with Gasteiger partial charge in [-0.1, -0.05) is 36.4 Å². The summed E-state index contributed by atoms with van der Waals surface area (Å²) in [5.74, 6) is 0.519. The number of rotatable bonds is 0. The summed E-state index contributed by atoms with van der Waals surface area (Å²) >= 11 is 0. The van der Waals surface area contributed by atoms with Crippen molar-refractivity contribution in [2.75, 3.05) is 13.1 Å². The molecule has 0 bridgehead atoms. The number of likely N-dealkylation sites (tertiary alicyclic amines) is 1. The number of nitrogens with zero attached hydrogens (tertiary/aromatic N) is 1. The van der Waals surface area contributed by atoms with Gasteiger partial charge in [0.15, 0.2) is 0 Å². The molecule has 1 heterocycles. The van der Waals surface area contributed by atoms with Crippen LogP contribution in [0.3, 0.4) is 0 Å². The topological polar surface area (TPSA) is 49.8 Å². The van der Waals surface area contributed by atoms with Crippen molar-refractivity contribution in [1.29, 1.82) is 0 Å². The van der Waals surface area contributed by atoms with Gasteiger partial charge in [0, 0.05) is 18.4 Å². The van der Waals surface area contributed by atoms with E-state index in [-0.39, 0.29) is 17.9 Å². The van der Waals surface area contributed by atoms with Crippen LogP contribution in [-0.4, -0.2) is 40.4 Å². The Hall–Kier alpha value is -1.81. The Balaban J connectivity index is 1.59. The fraction of sp³-hybridized carbons (Fsp3) is 0.571. The fourth-order valence-electron chi connectivity index (χ4n) is 4.87. The molecule has 4 nitrogen and oxygen atoms in total. The summed E-state index contributed by atoms with van der Waals surface area (Å²) in [7, 11) is 0. The Morgan fingerprint density at radius 3 is 2.80 bits per heavy atom. The zero-order valence-corrected chi connectivity index (χ0v) is 15.2. The molecule has 1 saturated carbocycles. The maximum atomic E-state index is 12.5. The van der Waals surface area contributed by atoms with Crippen LogP contribution in [0.25, 0.3) is 6.08 Å². The molecule has 0 radical (unpaired) electrons. The van der Waals surface area contributed by atoms with E-state index in [4.69, 9.17) is 4.74 Å². The lowest BCUT2D eigenvalue weighted by molar-refractivity contribution is -0.0590. The minimum absolute atomic E-state index is 0.0635. The van der Waals surface area contributed by atoms with Gasteiger partial charge in [0.05, 0.1) is 12.1 Å². The molecule has 25 heavy (non-hydrogen) atoms. The van der Waals surface area contributed by atoms with Crippen LogP contribution >= 0.6 is 0 Å². The van der Waals surface area contributed by atoms with Crippen LogP contribution < -0.4 is 0 Å². The molecule has 134 valence electrons. The number of aliphatic hydroxyl groups is 1. The summed E-state index contributed by atoms with van der Waals surface area (Å²) in [4.78, 5) is 14.2. The van der Waals surface area contributed by atoms with Crippen molar-refractivity contribution in [2.24, 2.45) is 11.8 Å². The highest BCUT2D eigenvalue weighted by Gasteiger charge is 2.56. The molecule has 2 fully saturated rings. The minimum Gasteiger partial charge on any atom is -0.444 e. The molecule has 1 N–H and O–H groups in total. The van der Waals surface area contributed by atoms with E-state index in [9.17, 15) is 9.90 Å². The normalized spacial score (nSPS) is 33.4. The summed E-state index contributed by atoms with van der Waals surface area (Å²) in [6.45, 7) is 6.57. The fourth-order valence-corrected chi connectivity index (χ4v) is 4.87. The summed E-state index contributed by atoms with van der Waals surface area (Å²) in [5.41, 5.74) is 1.22. The summed E-state index contributed by atoms with van der Waals surface area (Å²) in [5, 5.41) is 11.5. The molecule has 1 aliphatic heterocycles. The Bertz CT molecular complexity index is 720. The molecule has 4 rings (SSSR count). The molecular formula is C21H27NO3. The van der Waals surface area contributed by atoms with E-state index in [1.807, 2.05) is 20.8 Å². The van der Waals surface area contributed by atoms with Gasteiger partial charge in [-0.15, -0.1) is 0 Å². The van der Waals surface area contributed by atoms with Gasteiger partial charge in [0.25, 0.3) is 0 Å². The van der Waals surface area contributed by atoms with Crippen LogP contribution in [0.4, 0.5) is 4.79 Å². The minimum atomic E-state index is -0.857. The highest BCUT2D eigenvalue weighted by molar-refractivity contribution is 5.69. The number of amides is 1. The van der Waals surface area contributed by atoms with Crippen LogP contribution in [0.5, 0.6) is 0 Å². The molecule has 0 aromatic heterocycles. The maximum absolute atomic E-state index is 12.5. The first-order valence-electron chi connectivity index (χ1n) is 9.25. The van der Waals surface area contributed by atoms with Crippen LogP contribution in [0.15, 0.2) is 30.3 Å². The molecule has 1 saturated heterocycles. The van der Waals surface area contributed by atoms with Crippen LogP contribution in [0, 0.1) is 11.8 Å². The zero-order valence-electron chi connectivity index (χ0n) is 15.2. The lowest BCUT2D eigenvalue weighted by Crippen LogP contribution is -2.51. The number of carbonyl (C=O) groups is 1. The van der Waals surface area contributed by atoms with E-state index in [1.165, 1.54) is 11.1 Å². The second kappa shape index (κ2) is 5.60. The van der Waals surface area contributed by atoms with E-state index < -0.39 is 11.2 Å². The predicted molar refractivity (Wildman–Crippen MR) is 97.2 cm³/mol. The Labute approximate surface area is 149 Å². The van der Waals surface area contributed by atoms with Gasteiger partial charge in [-0.2, -0.15) is 0 Å². The van der Waals surface area contributed by atoms with E-state index in [0.29, 0.717) is 19.0 Å². The third kappa shape index (κ3) is 2.77. The largest absolute Gasteiger partial charge is 0.444 e. The zero-order chi connectivity index (χ0) is 17.8. The van der Waals surface area contributed by atoms with Crippen LogP contribution in [0.2, 0.25) is 0 Å². The molecule has 4 heteroatoms. The smallest absolute Gasteiger partial charge is 0.410 e. The van der Waals surface area contributed by atoms with Crippen LogP contribution in [-0.2, 0) is 4.74 Å². The van der Waals surface area contributed by atoms with Gasteiger partial charge in [0.2, 0.25) is 0 Å². The summed E-state index contributed by atoms with van der Waals surface area (Å²) < 4.78 is 5.52. The third-order valence-corrected chi connectivity index (χ3v) is 5.96. The van der Waals surface area contributed by atoms with E-state index >= 15 is 0 Å². The molecule has 0 unspecified atom stereocenters. The van der Waals surface area contributed by atoms with E-state index in [2.05, 4.69) is 36.4 Å². The number of carbonyl (C=O) groups excluding carboxylic acids is 1. The maximum Gasteiger partial charge on any atom is 0.410 e. The van der Waals surface area contributed by atoms with Crippen molar-refractivity contribution >= 4 is 12.2 Å². The number of hydrogen-bond acceptors (Lipinski definition) is 3. The quantitative estimate of drug-likeness (QED) is 0.781. The average Bonchev–Trinajstić information content (AvgIpc) is 2.91. The lowest BCUT2D eigenvalue weighted by atomic mass is 9.61. The van der Waals surface area contributed by atoms with Gasteiger partial charge >= 0.3 is 6.09 Å². The number of ether oxygens (including phenoxy) is 1. The Kier molecular flexibility index (Phi) is 3.73. The molecular weight excluding hydrogens is 314 g/mol. The molecule has 3 aliphatic rings.